The van der Waals surface area contributed by atoms with Crippen LogP contribution in [-0.4, -0.2) is 30.9 Å². The molecule has 4 aromatic rings. The fraction of sp³-hybridized carbons (Fsp3) is 0.0909. The highest BCUT2D eigenvalue weighted by Crippen LogP contribution is 2.30. The van der Waals surface area contributed by atoms with E-state index in [0.717, 1.165) is 33.9 Å². The largest absolute Gasteiger partial charge is 0.412 e. The number of hydrogen-bond acceptors (Lipinski definition) is 5. The highest BCUT2D eigenvalue weighted by atomic mass is 35.5. The van der Waals surface area contributed by atoms with Gasteiger partial charge in [0.15, 0.2) is 0 Å². The third kappa shape index (κ3) is 4.16. The second kappa shape index (κ2) is 9.26. The number of hydrogen-bond donors (Lipinski definition) is 0. The Hall–Kier alpha value is -3.26. The molecule has 2 aromatic carbocycles. The molecule has 0 amide bonds. The van der Waals surface area contributed by atoms with Crippen LogP contribution in [0.1, 0.15) is 22.5 Å². The number of anilines is 1. The van der Waals surface area contributed by atoms with Crippen molar-refractivity contribution in [2.75, 3.05) is 5.01 Å². The molecule has 0 saturated carbocycles. The normalized spacial score (nSPS) is 11.9. The van der Waals surface area contributed by atoms with Crippen LogP contribution in [0.2, 0.25) is 5.02 Å². The summed E-state index contributed by atoms with van der Waals surface area (Å²) in [4.78, 5) is 4.23. The van der Waals surface area contributed by atoms with Crippen molar-refractivity contribution in [3.63, 3.8) is 0 Å². The molecule has 2 aromatic heterocycles. The summed E-state index contributed by atoms with van der Waals surface area (Å²) in [6, 6.07) is 19.8. The molecule has 0 aliphatic carbocycles. The van der Waals surface area contributed by atoms with Gasteiger partial charge < -0.3 is 5.48 Å². The van der Waals surface area contributed by atoms with Crippen LogP contribution in [0.4, 0.5) is 5.95 Å². The van der Waals surface area contributed by atoms with E-state index in [4.69, 9.17) is 16.7 Å². The van der Waals surface area contributed by atoms with Crippen molar-refractivity contribution < 1.29 is 5.48 Å². The van der Waals surface area contributed by atoms with Gasteiger partial charge in [-0.3, -0.25) is 9.55 Å². The Morgan fingerprint density at radius 3 is 2.45 bits per heavy atom. The molecule has 158 valence electrons. The predicted molar refractivity (Wildman–Crippen MR) is 124 cm³/mol. The fourth-order valence-electron chi connectivity index (χ4n) is 3.48. The molecule has 0 unspecified atom stereocenters. The van der Waals surface area contributed by atoms with Crippen LogP contribution in [0, 0.1) is 6.92 Å². The zero-order valence-electron chi connectivity index (χ0n) is 16.6. The van der Waals surface area contributed by atoms with Crippen molar-refractivity contribution in [1.82, 2.24) is 19.7 Å². The van der Waals surface area contributed by atoms with Gasteiger partial charge in [-0.25, -0.2) is 5.01 Å². The van der Waals surface area contributed by atoms with Crippen LogP contribution in [0.25, 0.3) is 5.69 Å². The van der Waals surface area contributed by atoms with Crippen molar-refractivity contribution in [1.29, 1.82) is 0 Å². The number of nitrogens with zero attached hydrogens (tertiary/aromatic N) is 6. The predicted octanol–water partition coefficient (Wildman–Crippen LogP) is 3.99. The van der Waals surface area contributed by atoms with Gasteiger partial charge in [0, 0.05) is 28.5 Å². The number of aryl methyl sites for hydroxylation is 1. The zero-order chi connectivity index (χ0) is 19.8. The Kier molecular flexibility index (Phi) is 6.70. The molecule has 0 spiro atoms. The maximum atomic E-state index is 6.12. The smallest absolute Gasteiger partial charge is 0.252 e. The lowest BCUT2D eigenvalue weighted by Crippen LogP contribution is -2.20. The van der Waals surface area contributed by atoms with E-state index in [2.05, 4.69) is 27.3 Å². The molecule has 1 aliphatic rings. The van der Waals surface area contributed by atoms with Crippen LogP contribution in [0.3, 0.4) is 0 Å². The van der Waals surface area contributed by atoms with Gasteiger partial charge in [-0.05, 0) is 36.8 Å². The van der Waals surface area contributed by atoms with E-state index in [1.54, 1.807) is 6.20 Å². The first-order valence-electron chi connectivity index (χ1n) is 9.23. The monoisotopic (exact) mass is 454 g/mol. The molecule has 9 heteroatoms. The molecular weight excluding hydrogens is 435 g/mol. The van der Waals surface area contributed by atoms with Gasteiger partial charge in [-0.1, -0.05) is 48.0 Å². The Morgan fingerprint density at radius 1 is 0.935 bits per heavy atom. The highest BCUT2D eigenvalue weighted by molar-refractivity contribution is 6.30. The van der Waals surface area contributed by atoms with Gasteiger partial charge in [0.2, 0.25) is 0 Å². The number of fused-ring (bicyclic) bond motifs is 3. The lowest BCUT2D eigenvalue weighted by atomic mass is 10.0. The van der Waals surface area contributed by atoms with Gasteiger partial charge in [0.25, 0.3) is 5.95 Å². The molecule has 3 heterocycles. The van der Waals surface area contributed by atoms with Gasteiger partial charge in [-0.15, -0.1) is 22.6 Å². The maximum Gasteiger partial charge on any atom is 0.252 e. The minimum atomic E-state index is 0. The molecule has 5 rings (SSSR count). The van der Waals surface area contributed by atoms with Crippen LogP contribution in [-0.2, 0) is 6.54 Å². The third-order valence-corrected chi connectivity index (χ3v) is 5.08. The second-order valence-corrected chi connectivity index (χ2v) is 7.21. The number of pyridine rings is 1. The Balaban J connectivity index is 0.00000136. The number of aromatic nitrogens is 4. The number of benzene rings is 2. The molecule has 0 atom stereocenters. The first-order chi connectivity index (χ1) is 14.2. The van der Waals surface area contributed by atoms with Crippen molar-refractivity contribution in [2.24, 2.45) is 5.10 Å². The van der Waals surface area contributed by atoms with Gasteiger partial charge >= 0.3 is 0 Å². The summed E-state index contributed by atoms with van der Waals surface area (Å²) < 4.78 is 2.04. The lowest BCUT2D eigenvalue weighted by Gasteiger charge is -2.17. The second-order valence-electron chi connectivity index (χ2n) is 6.77. The Morgan fingerprint density at radius 2 is 1.71 bits per heavy atom. The fourth-order valence-corrected chi connectivity index (χ4v) is 3.61. The van der Waals surface area contributed by atoms with Gasteiger partial charge in [0.1, 0.15) is 11.5 Å². The summed E-state index contributed by atoms with van der Waals surface area (Å²) in [6.45, 7) is 2.47. The summed E-state index contributed by atoms with van der Waals surface area (Å²) in [6.07, 6.45) is 3.60. The van der Waals surface area contributed by atoms with Gasteiger partial charge in [-0.2, -0.15) is 5.10 Å². The summed E-state index contributed by atoms with van der Waals surface area (Å²) in [7, 11) is 0. The molecular formula is C22H20Cl2N6O. The van der Waals surface area contributed by atoms with Crippen LogP contribution >= 0.6 is 24.0 Å². The summed E-state index contributed by atoms with van der Waals surface area (Å²) in [5.41, 5.74) is 4.87. The molecule has 31 heavy (non-hydrogen) atoms. The molecule has 0 radical (unpaired) electrons. The molecule has 2 N–H and O–H groups in total. The van der Waals surface area contributed by atoms with Crippen molar-refractivity contribution in [3.05, 3.63) is 101 Å². The number of rotatable bonds is 3. The minimum Gasteiger partial charge on any atom is -0.412 e. The number of halogens is 2. The first-order valence-corrected chi connectivity index (χ1v) is 9.61. The van der Waals surface area contributed by atoms with E-state index in [9.17, 15) is 0 Å². The van der Waals surface area contributed by atoms with E-state index < -0.39 is 0 Å². The van der Waals surface area contributed by atoms with E-state index in [0.29, 0.717) is 17.5 Å². The molecule has 7 nitrogen and oxygen atoms in total. The van der Waals surface area contributed by atoms with E-state index in [1.165, 1.54) is 0 Å². The Labute approximate surface area is 190 Å². The zero-order valence-corrected chi connectivity index (χ0v) is 18.2. The van der Waals surface area contributed by atoms with Crippen LogP contribution < -0.4 is 5.01 Å². The van der Waals surface area contributed by atoms with E-state index in [1.807, 2.05) is 71.2 Å². The SMILES string of the molecule is Cc1nnc2n1-c1ccccc1C(c1ccc(Cl)cc1)=NN2Cc1cccnc1.Cl.O. The summed E-state index contributed by atoms with van der Waals surface area (Å²) >= 11 is 6.12. The van der Waals surface area contributed by atoms with Crippen LogP contribution in [0.15, 0.2) is 78.2 Å². The van der Waals surface area contributed by atoms with Crippen molar-refractivity contribution in [2.45, 2.75) is 13.5 Å². The topological polar surface area (TPSA) is 90.7 Å². The quantitative estimate of drug-likeness (QED) is 0.467. The average Bonchev–Trinajstić information content (AvgIpc) is 3.07. The molecule has 0 fully saturated rings. The minimum absolute atomic E-state index is 0. The maximum absolute atomic E-state index is 6.12. The van der Waals surface area contributed by atoms with Crippen molar-refractivity contribution >= 4 is 35.7 Å². The molecule has 0 bridgehead atoms. The highest BCUT2D eigenvalue weighted by Gasteiger charge is 2.26. The number of hydrazone groups is 1. The van der Waals surface area contributed by atoms with Crippen molar-refractivity contribution in [3.8, 4) is 5.69 Å². The first kappa shape index (κ1) is 22.4. The third-order valence-electron chi connectivity index (χ3n) is 4.83. The summed E-state index contributed by atoms with van der Waals surface area (Å²) in [5, 5.41) is 16.3. The van der Waals surface area contributed by atoms with E-state index >= 15 is 0 Å². The Bertz CT molecular complexity index is 1210. The lowest BCUT2D eigenvalue weighted by molar-refractivity contribution is 0.793. The molecule has 0 saturated heterocycles. The summed E-state index contributed by atoms with van der Waals surface area (Å²) in [5.74, 6) is 1.47. The average molecular weight is 455 g/mol. The van der Waals surface area contributed by atoms with E-state index in [-0.39, 0.29) is 17.9 Å². The van der Waals surface area contributed by atoms with Crippen LogP contribution in [0.5, 0.6) is 0 Å². The molecule has 1 aliphatic heterocycles. The standard InChI is InChI=1S/C22H17ClN6.ClH.H2O/c1-15-25-26-22-28(14-16-5-4-12-24-13-16)27-21(17-8-10-18(23)11-9-17)19-6-2-3-7-20(19)29(15)22;;/h2-13H,14H2,1H3;1H;1H2. The van der Waals surface area contributed by atoms with Gasteiger partial charge in [0.05, 0.1) is 12.2 Å². The number of para-hydroxylation sites is 1.